The number of nitrogens with two attached hydrogens (primary N) is 1. The molecule has 0 aromatic heterocycles. The summed E-state index contributed by atoms with van der Waals surface area (Å²) in [6.45, 7) is 3.70. The minimum Gasteiger partial charge on any atom is -0.494 e. The molecule has 0 amide bonds. The van der Waals surface area contributed by atoms with Crippen LogP contribution in [0.3, 0.4) is 0 Å². The van der Waals surface area contributed by atoms with Crippen molar-refractivity contribution >= 4 is 5.97 Å². The van der Waals surface area contributed by atoms with E-state index in [4.69, 9.17) is 15.6 Å². The van der Waals surface area contributed by atoms with Crippen LogP contribution < -0.4 is 10.5 Å². The van der Waals surface area contributed by atoms with Gasteiger partial charge in [-0.05, 0) is 43.7 Å². The molecule has 0 spiro atoms. The average Bonchev–Trinajstić information content (AvgIpc) is 2.81. The zero-order valence-corrected chi connectivity index (χ0v) is 10.9. The van der Waals surface area contributed by atoms with E-state index in [1.165, 1.54) is 0 Å². The Morgan fingerprint density at radius 2 is 2.16 bits per heavy atom. The Balaban J connectivity index is 1.66. The van der Waals surface area contributed by atoms with Gasteiger partial charge in [0.05, 0.1) is 12.2 Å². The van der Waals surface area contributed by atoms with Crippen molar-refractivity contribution in [3.8, 4) is 5.75 Å². The van der Waals surface area contributed by atoms with Crippen LogP contribution in [0.4, 0.5) is 0 Å². The van der Waals surface area contributed by atoms with Gasteiger partial charge in [0.15, 0.2) is 0 Å². The molecule has 19 heavy (non-hydrogen) atoms. The lowest BCUT2D eigenvalue weighted by Gasteiger charge is -2.15. The molecule has 0 bridgehead atoms. The molecule has 1 aromatic carbocycles. The molecule has 1 heterocycles. The number of ether oxygens (including phenoxy) is 1. The van der Waals surface area contributed by atoms with Crippen molar-refractivity contribution in [2.75, 3.05) is 26.2 Å². The highest BCUT2D eigenvalue weighted by molar-refractivity contribution is 5.87. The van der Waals surface area contributed by atoms with Crippen LogP contribution in [0.15, 0.2) is 24.3 Å². The maximum absolute atomic E-state index is 10.7. The lowest BCUT2D eigenvalue weighted by Crippen LogP contribution is -2.28. The molecule has 5 heteroatoms. The number of aromatic carboxylic acids is 1. The molecule has 5 nitrogen and oxygen atoms in total. The molecule has 1 aliphatic heterocycles. The summed E-state index contributed by atoms with van der Waals surface area (Å²) in [6, 6.07) is 6.81. The van der Waals surface area contributed by atoms with Gasteiger partial charge >= 0.3 is 5.97 Å². The first-order chi connectivity index (χ1) is 9.15. The highest BCUT2D eigenvalue weighted by Gasteiger charge is 2.17. The highest BCUT2D eigenvalue weighted by atomic mass is 16.5. The zero-order chi connectivity index (χ0) is 13.7. The van der Waals surface area contributed by atoms with E-state index in [2.05, 4.69) is 4.90 Å². The van der Waals surface area contributed by atoms with Gasteiger partial charge in [0.2, 0.25) is 0 Å². The first-order valence-corrected chi connectivity index (χ1v) is 6.59. The summed E-state index contributed by atoms with van der Waals surface area (Å²) < 4.78 is 5.58. The monoisotopic (exact) mass is 264 g/mol. The summed E-state index contributed by atoms with van der Waals surface area (Å²) in [5.41, 5.74) is 6.11. The second kappa shape index (κ2) is 6.54. The van der Waals surface area contributed by atoms with Gasteiger partial charge in [-0.25, -0.2) is 4.79 Å². The van der Waals surface area contributed by atoms with Crippen LogP contribution in [0.1, 0.15) is 23.2 Å². The van der Waals surface area contributed by atoms with Crippen molar-refractivity contribution in [2.45, 2.75) is 18.9 Å². The summed E-state index contributed by atoms with van der Waals surface area (Å²) in [7, 11) is 0. The molecule has 1 fully saturated rings. The van der Waals surface area contributed by atoms with E-state index in [0.29, 0.717) is 18.4 Å². The lowest BCUT2D eigenvalue weighted by atomic mass is 10.2. The van der Waals surface area contributed by atoms with E-state index >= 15 is 0 Å². The largest absolute Gasteiger partial charge is 0.494 e. The second-order valence-electron chi connectivity index (χ2n) is 4.88. The number of carboxylic acids is 1. The fourth-order valence-electron chi connectivity index (χ4n) is 2.24. The van der Waals surface area contributed by atoms with Gasteiger partial charge in [-0.3, -0.25) is 0 Å². The molecular formula is C14H20N2O3. The molecule has 0 radical (unpaired) electrons. The average molecular weight is 264 g/mol. The maximum atomic E-state index is 10.7. The van der Waals surface area contributed by atoms with Gasteiger partial charge in [-0.2, -0.15) is 0 Å². The van der Waals surface area contributed by atoms with Crippen LogP contribution >= 0.6 is 0 Å². The van der Waals surface area contributed by atoms with Crippen LogP contribution in [0.5, 0.6) is 5.75 Å². The van der Waals surface area contributed by atoms with E-state index in [9.17, 15) is 4.79 Å². The van der Waals surface area contributed by atoms with Crippen LogP contribution in [0.25, 0.3) is 0 Å². The quantitative estimate of drug-likeness (QED) is 0.755. The molecule has 3 N–H and O–H groups in total. The minimum absolute atomic E-state index is 0.276. The predicted octanol–water partition coefficient (Wildman–Crippen LogP) is 1.19. The number of likely N-dealkylation sites (tertiary alicyclic amines) is 1. The van der Waals surface area contributed by atoms with Crippen molar-refractivity contribution in [3.05, 3.63) is 29.8 Å². The number of rotatable bonds is 6. The van der Waals surface area contributed by atoms with Gasteiger partial charge in [-0.15, -0.1) is 0 Å². The van der Waals surface area contributed by atoms with Crippen LogP contribution in [-0.2, 0) is 0 Å². The Kier molecular flexibility index (Phi) is 4.76. The van der Waals surface area contributed by atoms with E-state index in [1.807, 2.05) is 0 Å². The van der Waals surface area contributed by atoms with Crippen LogP contribution in [0.2, 0.25) is 0 Å². The normalized spacial score (nSPS) is 19.5. The maximum Gasteiger partial charge on any atom is 0.335 e. The van der Waals surface area contributed by atoms with Gasteiger partial charge in [-0.1, -0.05) is 0 Å². The number of hydrogen-bond donors (Lipinski definition) is 2. The Hall–Kier alpha value is -1.59. The van der Waals surface area contributed by atoms with Crippen molar-refractivity contribution < 1.29 is 14.6 Å². The highest BCUT2D eigenvalue weighted by Crippen LogP contribution is 2.13. The molecule has 1 atom stereocenters. The van der Waals surface area contributed by atoms with Gasteiger partial charge in [0.25, 0.3) is 0 Å². The zero-order valence-electron chi connectivity index (χ0n) is 10.9. The first kappa shape index (κ1) is 13.8. The topological polar surface area (TPSA) is 75.8 Å². The smallest absolute Gasteiger partial charge is 0.335 e. The van der Waals surface area contributed by atoms with E-state index < -0.39 is 5.97 Å². The molecule has 1 aromatic rings. The minimum atomic E-state index is -0.920. The van der Waals surface area contributed by atoms with Crippen LogP contribution in [0, 0.1) is 0 Å². The molecule has 104 valence electrons. The van der Waals surface area contributed by atoms with Gasteiger partial charge in [0, 0.05) is 19.1 Å². The summed E-state index contributed by atoms with van der Waals surface area (Å²) in [6.07, 6.45) is 2.03. The number of hydrogen-bond acceptors (Lipinski definition) is 4. The second-order valence-corrected chi connectivity index (χ2v) is 4.88. The van der Waals surface area contributed by atoms with E-state index in [0.717, 1.165) is 32.5 Å². The molecule has 2 rings (SSSR count). The SMILES string of the molecule is NC1CCN(CCCOc2ccc(C(=O)O)cc2)C1. The summed E-state index contributed by atoms with van der Waals surface area (Å²) in [5, 5.41) is 8.78. The van der Waals surface area contributed by atoms with Crippen molar-refractivity contribution in [3.63, 3.8) is 0 Å². The van der Waals surface area contributed by atoms with Gasteiger partial charge < -0.3 is 20.5 Å². The standard InChI is InChI=1S/C14H20N2O3/c15-12-6-8-16(10-12)7-1-9-19-13-4-2-11(3-5-13)14(17)18/h2-5,12H,1,6-10,15H2,(H,17,18). The number of nitrogens with zero attached hydrogens (tertiary/aromatic N) is 1. The molecule has 0 aliphatic carbocycles. The summed E-state index contributed by atoms with van der Waals surface area (Å²) in [5.74, 6) is -0.208. The Morgan fingerprint density at radius 3 is 2.74 bits per heavy atom. The molecule has 1 aliphatic rings. The molecule has 0 saturated carbocycles. The van der Waals surface area contributed by atoms with E-state index in [1.54, 1.807) is 24.3 Å². The number of carboxylic acid groups (broad SMARTS) is 1. The van der Waals surface area contributed by atoms with Crippen molar-refractivity contribution in [1.29, 1.82) is 0 Å². The van der Waals surface area contributed by atoms with Crippen molar-refractivity contribution in [2.24, 2.45) is 5.73 Å². The van der Waals surface area contributed by atoms with E-state index in [-0.39, 0.29) is 5.56 Å². The number of carbonyl (C=O) groups is 1. The Morgan fingerprint density at radius 1 is 1.42 bits per heavy atom. The van der Waals surface area contributed by atoms with Crippen molar-refractivity contribution in [1.82, 2.24) is 4.90 Å². The Labute approximate surface area is 113 Å². The Bertz CT molecular complexity index is 419. The third-order valence-corrected chi connectivity index (χ3v) is 3.30. The van der Waals surface area contributed by atoms with Gasteiger partial charge in [0.1, 0.15) is 5.75 Å². The fourth-order valence-corrected chi connectivity index (χ4v) is 2.24. The predicted molar refractivity (Wildman–Crippen MR) is 72.5 cm³/mol. The van der Waals surface area contributed by atoms with Crippen LogP contribution in [-0.4, -0.2) is 48.3 Å². The molecule has 1 saturated heterocycles. The lowest BCUT2D eigenvalue weighted by molar-refractivity contribution is 0.0697. The third-order valence-electron chi connectivity index (χ3n) is 3.30. The fraction of sp³-hybridized carbons (Fsp3) is 0.500. The first-order valence-electron chi connectivity index (χ1n) is 6.59. The third kappa shape index (κ3) is 4.22. The molecular weight excluding hydrogens is 244 g/mol. The summed E-state index contributed by atoms with van der Waals surface area (Å²) in [4.78, 5) is 13.0. The number of benzene rings is 1. The summed E-state index contributed by atoms with van der Waals surface area (Å²) >= 11 is 0. The molecule has 1 unspecified atom stereocenters.